The summed E-state index contributed by atoms with van der Waals surface area (Å²) in [6, 6.07) is 4.40. The number of carbonyl (C=O) groups excluding carboxylic acids is 1. The van der Waals surface area contributed by atoms with Crippen molar-refractivity contribution < 1.29 is 24.5 Å². The molecule has 0 aliphatic carbocycles. The van der Waals surface area contributed by atoms with E-state index in [2.05, 4.69) is 5.32 Å². The topological polar surface area (TPSA) is 88.0 Å². The molecule has 1 aromatic carbocycles. The standard InChI is InChI=1S/C14H19NO5/c1-9-14(18,5-6-20-9)8-15-13(17)11-7-10(19-2)3-4-12(11)16/h3-4,7,9,16,18H,5-6,8H2,1-2H3,(H,15,17). The quantitative estimate of drug-likeness (QED) is 0.755. The van der Waals surface area contributed by atoms with Gasteiger partial charge in [-0.3, -0.25) is 4.79 Å². The second kappa shape index (κ2) is 5.68. The van der Waals surface area contributed by atoms with E-state index in [1.807, 2.05) is 0 Å². The molecule has 0 aromatic heterocycles. The molecule has 0 bridgehead atoms. The molecule has 2 atom stereocenters. The first-order valence-electron chi connectivity index (χ1n) is 6.45. The first kappa shape index (κ1) is 14.6. The van der Waals surface area contributed by atoms with Gasteiger partial charge in [0.1, 0.15) is 17.1 Å². The molecular formula is C14H19NO5. The van der Waals surface area contributed by atoms with Gasteiger partial charge in [0.05, 0.1) is 18.8 Å². The van der Waals surface area contributed by atoms with Crippen LogP contribution in [0.4, 0.5) is 0 Å². The monoisotopic (exact) mass is 281 g/mol. The third-order valence-electron chi connectivity index (χ3n) is 3.66. The third-order valence-corrected chi connectivity index (χ3v) is 3.66. The molecular weight excluding hydrogens is 262 g/mol. The number of nitrogens with one attached hydrogen (secondary N) is 1. The Labute approximate surface area is 117 Å². The van der Waals surface area contributed by atoms with Crippen LogP contribution in [0.15, 0.2) is 18.2 Å². The Morgan fingerprint density at radius 3 is 2.95 bits per heavy atom. The van der Waals surface area contributed by atoms with E-state index in [4.69, 9.17) is 9.47 Å². The fraction of sp³-hybridized carbons (Fsp3) is 0.500. The molecule has 0 radical (unpaired) electrons. The Hall–Kier alpha value is -1.79. The molecule has 3 N–H and O–H groups in total. The predicted molar refractivity (Wildman–Crippen MR) is 72.0 cm³/mol. The smallest absolute Gasteiger partial charge is 0.255 e. The van der Waals surface area contributed by atoms with Gasteiger partial charge in [0, 0.05) is 19.6 Å². The normalized spacial score (nSPS) is 25.4. The summed E-state index contributed by atoms with van der Waals surface area (Å²) in [6.45, 7) is 2.31. The van der Waals surface area contributed by atoms with Crippen LogP contribution in [0.25, 0.3) is 0 Å². The molecule has 6 nitrogen and oxygen atoms in total. The molecule has 1 heterocycles. The van der Waals surface area contributed by atoms with Gasteiger partial charge < -0.3 is 25.0 Å². The lowest BCUT2D eigenvalue weighted by Crippen LogP contribution is -2.47. The van der Waals surface area contributed by atoms with E-state index in [1.165, 1.54) is 19.2 Å². The maximum Gasteiger partial charge on any atom is 0.255 e. The van der Waals surface area contributed by atoms with Gasteiger partial charge in [0.2, 0.25) is 0 Å². The number of carbonyl (C=O) groups is 1. The van der Waals surface area contributed by atoms with Crippen molar-refractivity contribution in [2.24, 2.45) is 0 Å². The minimum Gasteiger partial charge on any atom is -0.507 e. The second-order valence-corrected chi connectivity index (χ2v) is 4.93. The summed E-state index contributed by atoms with van der Waals surface area (Å²) in [5.41, 5.74) is -0.955. The van der Waals surface area contributed by atoms with E-state index >= 15 is 0 Å². The van der Waals surface area contributed by atoms with Gasteiger partial charge in [-0.2, -0.15) is 0 Å². The number of aliphatic hydroxyl groups is 1. The molecule has 0 saturated carbocycles. The Balaban J connectivity index is 2.05. The molecule has 2 rings (SSSR count). The Morgan fingerprint density at radius 1 is 1.60 bits per heavy atom. The highest BCUT2D eigenvalue weighted by atomic mass is 16.5. The summed E-state index contributed by atoms with van der Waals surface area (Å²) in [5, 5.41) is 22.6. The highest BCUT2D eigenvalue weighted by Crippen LogP contribution is 2.26. The largest absolute Gasteiger partial charge is 0.507 e. The average molecular weight is 281 g/mol. The van der Waals surface area contributed by atoms with Crippen LogP contribution >= 0.6 is 0 Å². The lowest BCUT2D eigenvalue weighted by atomic mass is 9.96. The van der Waals surface area contributed by atoms with Crippen molar-refractivity contribution >= 4 is 5.91 Å². The maximum absolute atomic E-state index is 12.1. The van der Waals surface area contributed by atoms with Crippen LogP contribution in [0.3, 0.4) is 0 Å². The van der Waals surface area contributed by atoms with Gasteiger partial charge in [-0.25, -0.2) is 0 Å². The number of phenolic OH excluding ortho intramolecular Hbond substituents is 1. The summed E-state index contributed by atoms with van der Waals surface area (Å²) in [7, 11) is 1.48. The number of hydrogen-bond donors (Lipinski definition) is 3. The molecule has 1 saturated heterocycles. The summed E-state index contributed by atoms with van der Waals surface area (Å²) in [4.78, 5) is 12.1. The fourth-order valence-electron chi connectivity index (χ4n) is 2.16. The first-order chi connectivity index (χ1) is 9.46. The summed E-state index contributed by atoms with van der Waals surface area (Å²) >= 11 is 0. The highest BCUT2D eigenvalue weighted by Gasteiger charge is 2.39. The molecule has 1 amide bonds. The molecule has 0 spiro atoms. The maximum atomic E-state index is 12.1. The number of methoxy groups -OCH3 is 1. The van der Waals surface area contributed by atoms with Crippen LogP contribution in [-0.4, -0.2) is 48.1 Å². The van der Waals surface area contributed by atoms with E-state index in [0.717, 1.165) is 0 Å². The van der Waals surface area contributed by atoms with E-state index in [-0.39, 0.29) is 24.0 Å². The minimum absolute atomic E-state index is 0.0731. The summed E-state index contributed by atoms with van der Waals surface area (Å²) in [6.07, 6.45) is 0.139. The van der Waals surface area contributed by atoms with E-state index in [9.17, 15) is 15.0 Å². The Morgan fingerprint density at radius 2 is 2.35 bits per heavy atom. The molecule has 1 fully saturated rings. The van der Waals surface area contributed by atoms with Crippen molar-refractivity contribution in [3.05, 3.63) is 23.8 Å². The first-order valence-corrected chi connectivity index (χ1v) is 6.45. The zero-order valence-corrected chi connectivity index (χ0v) is 11.5. The lowest BCUT2D eigenvalue weighted by molar-refractivity contribution is -0.0251. The lowest BCUT2D eigenvalue weighted by Gasteiger charge is -2.26. The Bertz CT molecular complexity index is 504. The summed E-state index contributed by atoms with van der Waals surface area (Å²) in [5.74, 6) is -0.121. The van der Waals surface area contributed by atoms with Gasteiger partial charge in [0.25, 0.3) is 5.91 Å². The number of phenols is 1. The third kappa shape index (κ3) is 2.86. The fourth-order valence-corrected chi connectivity index (χ4v) is 2.16. The van der Waals surface area contributed by atoms with Crippen molar-refractivity contribution in [1.29, 1.82) is 0 Å². The van der Waals surface area contributed by atoms with E-state index in [1.54, 1.807) is 13.0 Å². The van der Waals surface area contributed by atoms with Crippen LogP contribution in [-0.2, 0) is 4.74 Å². The number of rotatable bonds is 4. The van der Waals surface area contributed by atoms with Gasteiger partial charge >= 0.3 is 0 Å². The van der Waals surface area contributed by atoms with Crippen LogP contribution in [0.1, 0.15) is 23.7 Å². The number of hydrogen-bond acceptors (Lipinski definition) is 5. The number of benzene rings is 1. The van der Waals surface area contributed by atoms with Gasteiger partial charge in [0.15, 0.2) is 0 Å². The highest BCUT2D eigenvalue weighted by molar-refractivity contribution is 5.97. The zero-order valence-electron chi connectivity index (χ0n) is 11.5. The number of aromatic hydroxyl groups is 1. The average Bonchev–Trinajstić information content (AvgIpc) is 2.77. The molecule has 110 valence electrons. The molecule has 6 heteroatoms. The SMILES string of the molecule is COc1ccc(O)c(C(=O)NCC2(O)CCOC2C)c1. The zero-order chi connectivity index (χ0) is 14.8. The van der Waals surface area contributed by atoms with Gasteiger partial charge in [-0.1, -0.05) is 0 Å². The predicted octanol–water partition coefficient (Wildman–Crippen LogP) is 0.670. The molecule has 1 aromatic rings. The van der Waals surface area contributed by atoms with Crippen LogP contribution in [0.2, 0.25) is 0 Å². The van der Waals surface area contributed by atoms with Gasteiger partial charge in [-0.05, 0) is 25.1 Å². The minimum atomic E-state index is -1.07. The van der Waals surface area contributed by atoms with Gasteiger partial charge in [-0.15, -0.1) is 0 Å². The van der Waals surface area contributed by atoms with Crippen molar-refractivity contribution in [3.63, 3.8) is 0 Å². The van der Waals surface area contributed by atoms with Crippen molar-refractivity contribution in [2.75, 3.05) is 20.3 Å². The second-order valence-electron chi connectivity index (χ2n) is 4.93. The van der Waals surface area contributed by atoms with Crippen molar-refractivity contribution in [1.82, 2.24) is 5.32 Å². The summed E-state index contributed by atoms with van der Waals surface area (Å²) < 4.78 is 10.3. The van der Waals surface area contributed by atoms with Crippen molar-refractivity contribution in [2.45, 2.75) is 25.0 Å². The number of amides is 1. The van der Waals surface area contributed by atoms with Crippen LogP contribution in [0, 0.1) is 0 Å². The van der Waals surface area contributed by atoms with Crippen LogP contribution < -0.4 is 10.1 Å². The number of ether oxygens (including phenoxy) is 2. The molecule has 20 heavy (non-hydrogen) atoms. The van der Waals surface area contributed by atoms with E-state index in [0.29, 0.717) is 18.8 Å². The molecule has 1 aliphatic heterocycles. The Kier molecular flexibility index (Phi) is 4.15. The molecule has 1 aliphatic rings. The van der Waals surface area contributed by atoms with Crippen LogP contribution in [0.5, 0.6) is 11.5 Å². The van der Waals surface area contributed by atoms with E-state index < -0.39 is 11.5 Å². The molecule has 2 unspecified atom stereocenters. The van der Waals surface area contributed by atoms with Crippen molar-refractivity contribution in [3.8, 4) is 11.5 Å².